The molecule has 0 bridgehead atoms. The van der Waals surface area contributed by atoms with Crippen LogP contribution in [0.2, 0.25) is 0 Å². The predicted molar refractivity (Wildman–Crippen MR) is 132 cm³/mol. The minimum absolute atomic E-state index is 0.186. The van der Waals surface area contributed by atoms with Crippen molar-refractivity contribution in [1.29, 1.82) is 0 Å². The Labute approximate surface area is 195 Å². The summed E-state index contributed by atoms with van der Waals surface area (Å²) in [5, 5.41) is 6.98. The molecule has 0 aliphatic carbocycles. The van der Waals surface area contributed by atoms with Crippen molar-refractivity contribution in [3.63, 3.8) is 0 Å². The van der Waals surface area contributed by atoms with Crippen molar-refractivity contribution in [2.75, 3.05) is 44.7 Å². The number of likely N-dealkylation sites (N-methyl/N-ethyl adjacent to an activating group) is 1. The predicted octanol–water partition coefficient (Wildman–Crippen LogP) is 3.98. The summed E-state index contributed by atoms with van der Waals surface area (Å²) in [7, 11) is 2.17. The molecular weight excluding hydrogens is 418 g/mol. The fraction of sp³-hybridized carbons (Fsp3) is 0.440. The fourth-order valence-corrected chi connectivity index (χ4v) is 4.95. The first-order chi connectivity index (χ1) is 15.6. The minimum atomic E-state index is 0.186. The van der Waals surface area contributed by atoms with E-state index in [1.54, 1.807) is 11.3 Å². The summed E-state index contributed by atoms with van der Waals surface area (Å²) in [5.41, 5.74) is 3.21. The molecule has 2 aromatic heterocycles. The second-order valence-corrected chi connectivity index (χ2v) is 9.53. The molecular formula is C25H33N5OS. The molecule has 1 amide bonds. The van der Waals surface area contributed by atoms with Gasteiger partial charge in [-0.15, -0.1) is 11.3 Å². The third-order valence-electron chi connectivity index (χ3n) is 6.06. The maximum absolute atomic E-state index is 13.2. The van der Waals surface area contributed by atoms with Crippen molar-refractivity contribution in [2.45, 2.75) is 33.2 Å². The number of hydrogen-bond donors (Lipinski definition) is 0. The molecule has 7 heteroatoms. The van der Waals surface area contributed by atoms with Crippen molar-refractivity contribution in [1.82, 2.24) is 19.6 Å². The molecule has 1 aliphatic heterocycles. The van der Waals surface area contributed by atoms with Crippen molar-refractivity contribution in [3.8, 4) is 5.69 Å². The normalized spacial score (nSPS) is 14.7. The largest absolute Gasteiger partial charge is 0.354 e. The number of piperazine rings is 1. The number of para-hydroxylation sites is 1. The second kappa shape index (κ2) is 10.3. The van der Waals surface area contributed by atoms with Crippen LogP contribution in [0.3, 0.4) is 0 Å². The van der Waals surface area contributed by atoms with E-state index in [1.165, 1.54) is 0 Å². The van der Waals surface area contributed by atoms with E-state index in [-0.39, 0.29) is 5.91 Å². The van der Waals surface area contributed by atoms with Crippen LogP contribution in [0.15, 0.2) is 47.8 Å². The monoisotopic (exact) mass is 451 g/mol. The van der Waals surface area contributed by atoms with Crippen molar-refractivity contribution in [3.05, 3.63) is 64.0 Å². The van der Waals surface area contributed by atoms with Gasteiger partial charge >= 0.3 is 0 Å². The number of rotatable bonds is 8. The van der Waals surface area contributed by atoms with Crippen molar-refractivity contribution < 1.29 is 4.79 Å². The molecule has 4 rings (SSSR count). The Morgan fingerprint density at radius 1 is 1.09 bits per heavy atom. The number of nitrogens with zero attached hydrogens (tertiary/aromatic N) is 5. The highest BCUT2D eigenvalue weighted by Gasteiger charge is 2.27. The Morgan fingerprint density at radius 2 is 1.84 bits per heavy atom. The van der Waals surface area contributed by atoms with Gasteiger partial charge in [0.15, 0.2) is 0 Å². The number of anilines is 1. The zero-order valence-electron chi connectivity index (χ0n) is 19.3. The molecule has 1 saturated heterocycles. The van der Waals surface area contributed by atoms with Gasteiger partial charge in [0.2, 0.25) is 5.91 Å². The van der Waals surface area contributed by atoms with Gasteiger partial charge in [-0.1, -0.05) is 31.2 Å². The van der Waals surface area contributed by atoms with Gasteiger partial charge in [0, 0.05) is 43.2 Å². The van der Waals surface area contributed by atoms with E-state index in [2.05, 4.69) is 47.5 Å². The van der Waals surface area contributed by atoms with Gasteiger partial charge in [-0.25, -0.2) is 4.68 Å². The molecule has 3 heterocycles. The van der Waals surface area contributed by atoms with E-state index in [0.29, 0.717) is 13.0 Å². The van der Waals surface area contributed by atoms with Crippen LogP contribution in [-0.4, -0.2) is 65.3 Å². The molecule has 0 radical (unpaired) electrons. The summed E-state index contributed by atoms with van der Waals surface area (Å²) < 4.78 is 2.07. The summed E-state index contributed by atoms with van der Waals surface area (Å²) in [6.07, 6.45) is 1.40. The number of benzene rings is 1. The highest BCUT2D eigenvalue weighted by molar-refractivity contribution is 7.10. The maximum atomic E-state index is 13.2. The Balaban J connectivity index is 1.68. The average Bonchev–Trinajstić information content (AvgIpc) is 3.42. The molecule has 1 aromatic carbocycles. The lowest BCUT2D eigenvalue weighted by atomic mass is 10.1. The molecule has 6 nitrogen and oxygen atoms in total. The SMILES string of the molecule is CCCN(Cc1c(C)nn(-c2ccccc2)c1N1CCN(C)CC1)C(=O)Cc1cccs1. The molecule has 32 heavy (non-hydrogen) atoms. The maximum Gasteiger partial charge on any atom is 0.228 e. The molecule has 0 unspecified atom stereocenters. The molecule has 3 aromatic rings. The Hall–Kier alpha value is -2.64. The third kappa shape index (κ3) is 5.05. The minimum Gasteiger partial charge on any atom is -0.354 e. The van der Waals surface area contributed by atoms with Crippen molar-refractivity contribution >= 4 is 23.1 Å². The van der Waals surface area contributed by atoms with Crippen LogP contribution in [0.1, 0.15) is 29.5 Å². The summed E-state index contributed by atoms with van der Waals surface area (Å²) in [6, 6.07) is 14.4. The van der Waals surface area contributed by atoms with E-state index < -0.39 is 0 Å². The van der Waals surface area contributed by atoms with E-state index in [0.717, 1.165) is 66.8 Å². The van der Waals surface area contributed by atoms with Gasteiger partial charge in [0.25, 0.3) is 0 Å². The van der Waals surface area contributed by atoms with E-state index in [9.17, 15) is 4.79 Å². The number of aromatic nitrogens is 2. The molecule has 170 valence electrons. The first kappa shape index (κ1) is 22.6. The Kier molecular flexibility index (Phi) is 7.27. The lowest BCUT2D eigenvalue weighted by molar-refractivity contribution is -0.131. The zero-order chi connectivity index (χ0) is 22.5. The van der Waals surface area contributed by atoms with Gasteiger partial charge in [-0.2, -0.15) is 5.10 Å². The molecule has 0 N–H and O–H groups in total. The van der Waals surface area contributed by atoms with Crippen LogP contribution in [0.5, 0.6) is 0 Å². The smallest absolute Gasteiger partial charge is 0.228 e. The number of carbonyl (C=O) groups excluding carboxylic acids is 1. The summed E-state index contributed by atoms with van der Waals surface area (Å²) in [4.78, 5) is 21.1. The standard InChI is InChI=1S/C25H33N5OS/c1-4-12-29(24(31)18-22-11-8-17-32-22)19-23-20(2)26-30(21-9-6-5-7-10-21)25(23)28-15-13-27(3)14-16-28/h5-11,17H,4,12-16,18-19H2,1-3H3. The first-order valence-corrected chi connectivity index (χ1v) is 12.3. The quantitative estimate of drug-likeness (QED) is 0.520. The van der Waals surface area contributed by atoms with Crippen LogP contribution in [0.25, 0.3) is 5.69 Å². The van der Waals surface area contributed by atoms with Gasteiger partial charge < -0.3 is 14.7 Å². The van der Waals surface area contributed by atoms with Gasteiger partial charge in [-0.3, -0.25) is 4.79 Å². The summed E-state index contributed by atoms with van der Waals surface area (Å²) >= 11 is 1.65. The van der Waals surface area contributed by atoms with Crippen LogP contribution >= 0.6 is 11.3 Å². The van der Waals surface area contributed by atoms with Crippen LogP contribution in [-0.2, 0) is 17.8 Å². The van der Waals surface area contributed by atoms with Gasteiger partial charge in [-0.05, 0) is 44.0 Å². The van der Waals surface area contributed by atoms with Crippen LogP contribution < -0.4 is 4.90 Å². The number of carbonyl (C=O) groups is 1. The number of aryl methyl sites for hydroxylation is 1. The second-order valence-electron chi connectivity index (χ2n) is 8.50. The van der Waals surface area contributed by atoms with E-state index in [1.807, 2.05) is 40.6 Å². The Morgan fingerprint density at radius 3 is 2.50 bits per heavy atom. The summed E-state index contributed by atoms with van der Waals surface area (Å²) in [5.74, 6) is 1.32. The van der Waals surface area contributed by atoms with Crippen LogP contribution in [0, 0.1) is 6.92 Å². The molecule has 1 fully saturated rings. The topological polar surface area (TPSA) is 44.6 Å². The number of amides is 1. The molecule has 1 aliphatic rings. The van der Waals surface area contributed by atoms with Gasteiger partial charge in [0.1, 0.15) is 5.82 Å². The fourth-order valence-electron chi connectivity index (χ4n) is 4.25. The molecule has 0 spiro atoms. The zero-order valence-corrected chi connectivity index (χ0v) is 20.1. The Bertz CT molecular complexity index is 1010. The molecule has 0 atom stereocenters. The first-order valence-electron chi connectivity index (χ1n) is 11.4. The number of thiophene rings is 1. The lowest BCUT2D eigenvalue weighted by Crippen LogP contribution is -2.45. The highest BCUT2D eigenvalue weighted by atomic mass is 32.1. The van der Waals surface area contributed by atoms with Crippen LogP contribution in [0.4, 0.5) is 5.82 Å². The lowest BCUT2D eigenvalue weighted by Gasteiger charge is -2.35. The van der Waals surface area contributed by atoms with Crippen molar-refractivity contribution in [2.24, 2.45) is 0 Å². The van der Waals surface area contributed by atoms with E-state index >= 15 is 0 Å². The van der Waals surface area contributed by atoms with Gasteiger partial charge in [0.05, 0.1) is 24.3 Å². The number of hydrogen-bond acceptors (Lipinski definition) is 5. The van der Waals surface area contributed by atoms with E-state index in [4.69, 9.17) is 5.10 Å². The third-order valence-corrected chi connectivity index (χ3v) is 6.94. The molecule has 0 saturated carbocycles. The average molecular weight is 452 g/mol. The highest BCUT2D eigenvalue weighted by Crippen LogP contribution is 2.30. The summed E-state index contributed by atoms with van der Waals surface area (Å²) in [6.45, 7) is 9.51.